The number of hydrogen-bond acceptors (Lipinski definition) is 6. The SMILES string of the molecule is CN(C)S(=O)(=O)n1cnc(OB(O)O)c1. The first kappa shape index (κ1) is 12.0. The highest BCUT2D eigenvalue weighted by atomic mass is 32.2. The first-order chi connectivity index (χ1) is 6.84. The summed E-state index contributed by atoms with van der Waals surface area (Å²) < 4.78 is 29.1. The molecule has 2 N–H and O–H groups in total. The highest BCUT2D eigenvalue weighted by Crippen LogP contribution is 2.09. The third-order valence-electron chi connectivity index (χ3n) is 1.49. The summed E-state index contributed by atoms with van der Waals surface area (Å²) in [6.45, 7) is 0. The number of imidazole rings is 1. The predicted octanol–water partition coefficient (Wildman–Crippen LogP) is -2.11. The normalized spacial score (nSPS) is 11.8. The minimum Gasteiger partial charge on any atom is -0.496 e. The fraction of sp³-hybridized carbons (Fsp3) is 0.400. The molecule has 0 saturated carbocycles. The van der Waals surface area contributed by atoms with Crippen LogP contribution in [0.5, 0.6) is 5.88 Å². The van der Waals surface area contributed by atoms with Crippen LogP contribution in [0, 0.1) is 0 Å². The van der Waals surface area contributed by atoms with Crippen molar-refractivity contribution in [3.8, 4) is 5.88 Å². The molecule has 0 spiro atoms. The summed E-state index contributed by atoms with van der Waals surface area (Å²) in [7, 11) is -2.96. The van der Waals surface area contributed by atoms with E-state index in [4.69, 9.17) is 10.0 Å². The molecule has 0 aromatic carbocycles. The van der Waals surface area contributed by atoms with E-state index >= 15 is 0 Å². The van der Waals surface area contributed by atoms with Crippen LogP contribution in [0.15, 0.2) is 12.5 Å². The predicted molar refractivity (Wildman–Crippen MR) is 51.1 cm³/mol. The van der Waals surface area contributed by atoms with Crippen LogP contribution >= 0.6 is 0 Å². The Hall–Kier alpha value is -1.10. The molecule has 1 rings (SSSR count). The molecule has 1 heterocycles. The van der Waals surface area contributed by atoms with Gasteiger partial charge in [0.05, 0.1) is 6.20 Å². The van der Waals surface area contributed by atoms with Crippen molar-refractivity contribution in [2.45, 2.75) is 0 Å². The first-order valence-corrected chi connectivity index (χ1v) is 5.23. The molecule has 1 aromatic rings. The van der Waals surface area contributed by atoms with Gasteiger partial charge < -0.3 is 14.7 Å². The topological polar surface area (TPSA) is 105 Å². The molecule has 0 radical (unpaired) electrons. The summed E-state index contributed by atoms with van der Waals surface area (Å²) in [5, 5.41) is 16.9. The van der Waals surface area contributed by atoms with Gasteiger partial charge in [-0.25, -0.2) is 8.96 Å². The molecule has 0 unspecified atom stereocenters. The molecule has 0 atom stereocenters. The Morgan fingerprint density at radius 1 is 1.53 bits per heavy atom. The van der Waals surface area contributed by atoms with Crippen LogP contribution in [0.25, 0.3) is 0 Å². The third kappa shape index (κ3) is 2.69. The van der Waals surface area contributed by atoms with Crippen molar-refractivity contribution in [2.75, 3.05) is 14.1 Å². The Balaban J connectivity index is 2.94. The van der Waals surface area contributed by atoms with Crippen molar-refractivity contribution >= 4 is 17.5 Å². The summed E-state index contributed by atoms with van der Waals surface area (Å²) in [4.78, 5) is 3.52. The zero-order valence-electron chi connectivity index (χ0n) is 8.10. The van der Waals surface area contributed by atoms with E-state index < -0.39 is 17.5 Å². The number of nitrogens with zero attached hydrogens (tertiary/aromatic N) is 3. The molecule has 84 valence electrons. The minimum absolute atomic E-state index is 0.199. The van der Waals surface area contributed by atoms with Crippen LogP contribution < -0.4 is 4.65 Å². The van der Waals surface area contributed by atoms with Gasteiger partial charge in [-0.1, -0.05) is 0 Å². The lowest BCUT2D eigenvalue weighted by molar-refractivity contribution is 0.284. The third-order valence-corrected chi connectivity index (χ3v) is 3.15. The van der Waals surface area contributed by atoms with Crippen LogP contribution in [0.1, 0.15) is 0 Å². The summed E-state index contributed by atoms with van der Waals surface area (Å²) in [5.41, 5.74) is 0. The number of rotatable bonds is 4. The molecular weight excluding hydrogens is 225 g/mol. The zero-order valence-corrected chi connectivity index (χ0v) is 8.92. The van der Waals surface area contributed by atoms with Gasteiger partial charge in [-0.15, -0.1) is 0 Å². The Kier molecular flexibility index (Phi) is 3.34. The minimum atomic E-state index is -3.65. The van der Waals surface area contributed by atoms with E-state index in [1.165, 1.54) is 14.1 Å². The van der Waals surface area contributed by atoms with E-state index in [1.807, 2.05) is 0 Å². The molecule has 0 fully saturated rings. The van der Waals surface area contributed by atoms with Crippen molar-refractivity contribution in [1.29, 1.82) is 0 Å². The second-order valence-electron chi connectivity index (χ2n) is 2.78. The van der Waals surface area contributed by atoms with Crippen LogP contribution in [-0.2, 0) is 10.2 Å². The summed E-state index contributed by atoms with van der Waals surface area (Å²) >= 11 is 0. The van der Waals surface area contributed by atoms with Gasteiger partial charge >= 0.3 is 17.5 Å². The Morgan fingerprint density at radius 2 is 2.13 bits per heavy atom. The molecule has 0 aliphatic carbocycles. The van der Waals surface area contributed by atoms with Crippen LogP contribution in [-0.4, -0.2) is 53.1 Å². The summed E-state index contributed by atoms with van der Waals surface area (Å²) in [6, 6.07) is 0. The smallest absolute Gasteiger partial charge is 0.496 e. The lowest BCUT2D eigenvalue weighted by Crippen LogP contribution is -2.27. The quantitative estimate of drug-likeness (QED) is 0.578. The second kappa shape index (κ2) is 4.19. The van der Waals surface area contributed by atoms with Gasteiger partial charge in [0.1, 0.15) is 6.33 Å². The van der Waals surface area contributed by atoms with Gasteiger partial charge in [0.15, 0.2) is 0 Å². The molecular formula is C5H10BN3O5S. The maximum Gasteiger partial charge on any atom is 0.708 e. The standard InChI is InChI=1S/C5H10BN3O5S/c1-8(2)15(12,13)9-3-5(7-4-9)14-6(10)11/h3-4,10-11H,1-2H3. The van der Waals surface area contributed by atoms with Gasteiger partial charge in [0.25, 0.3) is 0 Å². The van der Waals surface area contributed by atoms with Crippen LogP contribution in [0.4, 0.5) is 0 Å². The fourth-order valence-corrected chi connectivity index (χ4v) is 1.54. The van der Waals surface area contributed by atoms with Crippen LogP contribution in [0.3, 0.4) is 0 Å². The molecule has 0 amide bonds. The van der Waals surface area contributed by atoms with E-state index in [0.717, 1.165) is 20.8 Å². The lowest BCUT2D eigenvalue weighted by atomic mass is 10.3. The van der Waals surface area contributed by atoms with Gasteiger partial charge in [-0.2, -0.15) is 12.7 Å². The zero-order chi connectivity index (χ0) is 11.6. The molecule has 0 bridgehead atoms. The molecule has 0 aliphatic heterocycles. The summed E-state index contributed by atoms with van der Waals surface area (Å²) in [5.74, 6) is -0.199. The van der Waals surface area contributed by atoms with Crippen molar-refractivity contribution in [1.82, 2.24) is 13.3 Å². The van der Waals surface area contributed by atoms with E-state index in [1.54, 1.807) is 0 Å². The van der Waals surface area contributed by atoms with Crippen molar-refractivity contribution < 1.29 is 23.1 Å². The monoisotopic (exact) mass is 235 g/mol. The lowest BCUT2D eigenvalue weighted by Gasteiger charge is -2.10. The maximum atomic E-state index is 11.5. The number of hydrogen-bond donors (Lipinski definition) is 2. The van der Waals surface area contributed by atoms with E-state index in [2.05, 4.69) is 9.64 Å². The van der Waals surface area contributed by atoms with E-state index in [-0.39, 0.29) is 5.88 Å². The largest absolute Gasteiger partial charge is 0.708 e. The van der Waals surface area contributed by atoms with Gasteiger partial charge in [0.2, 0.25) is 5.88 Å². The average molecular weight is 235 g/mol. The fourth-order valence-electron chi connectivity index (χ4n) is 0.773. The highest BCUT2D eigenvalue weighted by Gasteiger charge is 2.19. The Bertz CT molecular complexity index is 428. The first-order valence-electron chi connectivity index (χ1n) is 3.84. The second-order valence-corrected chi connectivity index (χ2v) is 4.82. The van der Waals surface area contributed by atoms with Crippen molar-refractivity contribution in [2.24, 2.45) is 0 Å². The molecule has 0 aliphatic rings. The number of aromatic nitrogens is 2. The van der Waals surface area contributed by atoms with Crippen molar-refractivity contribution in [3.63, 3.8) is 0 Å². The van der Waals surface area contributed by atoms with Crippen molar-refractivity contribution in [3.05, 3.63) is 12.5 Å². The van der Waals surface area contributed by atoms with E-state index in [0.29, 0.717) is 0 Å². The molecule has 15 heavy (non-hydrogen) atoms. The molecule has 8 nitrogen and oxygen atoms in total. The average Bonchev–Trinajstić information content (AvgIpc) is 2.51. The molecule has 10 heteroatoms. The molecule has 0 saturated heterocycles. The molecule has 1 aromatic heterocycles. The van der Waals surface area contributed by atoms with Crippen LogP contribution in [0.2, 0.25) is 0 Å². The Labute approximate surface area is 87.1 Å². The highest BCUT2D eigenvalue weighted by molar-refractivity contribution is 7.87. The van der Waals surface area contributed by atoms with Gasteiger partial charge in [-0.05, 0) is 0 Å². The van der Waals surface area contributed by atoms with E-state index in [9.17, 15) is 8.42 Å². The summed E-state index contributed by atoms with van der Waals surface area (Å²) in [6.07, 6.45) is 2.02. The Morgan fingerprint density at radius 3 is 2.60 bits per heavy atom. The maximum absolute atomic E-state index is 11.5. The van der Waals surface area contributed by atoms with Gasteiger partial charge in [-0.3, -0.25) is 0 Å². The van der Waals surface area contributed by atoms with Gasteiger partial charge in [0, 0.05) is 14.1 Å².